The van der Waals surface area contributed by atoms with Crippen LogP contribution in [0.2, 0.25) is 0 Å². The maximum Gasteiger partial charge on any atom is 1.00 e. The van der Waals surface area contributed by atoms with E-state index in [2.05, 4.69) is 0 Å². The van der Waals surface area contributed by atoms with Crippen molar-refractivity contribution in [3.8, 4) is 0 Å². The van der Waals surface area contributed by atoms with Gasteiger partial charge in [0.1, 0.15) is 0 Å². The van der Waals surface area contributed by atoms with Crippen LogP contribution >= 0.6 is 7.82 Å². The van der Waals surface area contributed by atoms with E-state index in [1.807, 2.05) is 27.7 Å². The summed E-state index contributed by atoms with van der Waals surface area (Å²) in [6, 6.07) is 0. The van der Waals surface area contributed by atoms with Gasteiger partial charge in [0.25, 0.3) is 0 Å². The Balaban J connectivity index is 0. The van der Waals surface area contributed by atoms with Gasteiger partial charge >= 0.3 is 59.2 Å². The van der Waals surface area contributed by atoms with E-state index >= 15 is 0 Å². The van der Waals surface area contributed by atoms with Crippen molar-refractivity contribution in [2.45, 2.75) is 27.7 Å². The summed E-state index contributed by atoms with van der Waals surface area (Å²) in [6.45, 7) is 8.10. The van der Waals surface area contributed by atoms with Crippen molar-refractivity contribution in [2.24, 2.45) is 11.8 Å². The molecule has 80 valence electrons. The summed E-state index contributed by atoms with van der Waals surface area (Å²) in [5, 5.41) is 0. The second kappa shape index (κ2) is 8.85. The molecule has 0 bridgehead atoms. The average molecular weight is 249 g/mol. The third-order valence-corrected chi connectivity index (χ3v) is 2.09. The topological polar surface area (TPSA) is 55.8 Å². The molecule has 0 radical (unpaired) electrons. The molecule has 0 amide bonds. The van der Waals surface area contributed by atoms with E-state index in [-0.39, 0.29) is 76.4 Å². The first-order chi connectivity index (χ1) is 5.83. The third-order valence-electron chi connectivity index (χ3n) is 1.14. The van der Waals surface area contributed by atoms with Crippen molar-refractivity contribution in [2.75, 3.05) is 13.2 Å². The molecule has 0 spiro atoms. The second-order valence-electron chi connectivity index (χ2n) is 3.85. The van der Waals surface area contributed by atoms with Crippen molar-refractivity contribution in [1.82, 2.24) is 0 Å². The Morgan fingerprint density at radius 1 is 1.07 bits per heavy atom. The Morgan fingerprint density at radius 2 is 1.36 bits per heavy atom. The van der Waals surface area contributed by atoms with Crippen molar-refractivity contribution in [3.05, 3.63) is 0 Å². The van der Waals surface area contributed by atoms with Crippen molar-refractivity contribution < 1.29 is 69.9 Å². The van der Waals surface area contributed by atoms with Gasteiger partial charge in [-0.25, -0.2) is 4.57 Å². The maximum atomic E-state index is 11.1. The summed E-state index contributed by atoms with van der Waals surface area (Å²) in [4.78, 5) is 9.12. The molecule has 1 N–H and O–H groups in total. The van der Waals surface area contributed by atoms with E-state index in [0.717, 1.165) is 0 Å². The Labute approximate surface area is 129 Å². The van der Waals surface area contributed by atoms with Crippen LogP contribution < -0.4 is 51.4 Å². The molecular formula is C8H19KO4P+. The van der Waals surface area contributed by atoms with Crippen molar-refractivity contribution >= 4 is 7.82 Å². The van der Waals surface area contributed by atoms with Crippen LogP contribution in [0.3, 0.4) is 0 Å². The Kier molecular flexibility index (Phi) is 11.5. The summed E-state index contributed by atoms with van der Waals surface area (Å²) in [6.07, 6.45) is 0. The summed E-state index contributed by atoms with van der Waals surface area (Å²) in [5.74, 6) is 0.450. The number of phosphoric ester groups is 1. The molecule has 0 fully saturated rings. The largest absolute Gasteiger partial charge is 1.00 e. The predicted octanol–water partition coefficient (Wildman–Crippen LogP) is -0.564. The van der Waals surface area contributed by atoms with Crippen LogP contribution in [0.1, 0.15) is 27.7 Å². The van der Waals surface area contributed by atoms with E-state index in [9.17, 15) is 4.57 Å². The molecule has 0 unspecified atom stereocenters. The molecular weight excluding hydrogens is 230 g/mol. The molecule has 0 aliphatic heterocycles. The second-order valence-corrected chi connectivity index (χ2v) is 5.30. The fourth-order valence-corrected chi connectivity index (χ4v) is 1.57. The van der Waals surface area contributed by atoms with Crippen LogP contribution in [0, 0.1) is 11.8 Å². The average Bonchev–Trinajstić information content (AvgIpc) is 1.98. The van der Waals surface area contributed by atoms with Crippen LogP contribution in [0.15, 0.2) is 0 Å². The minimum atomic E-state index is -3.80. The monoisotopic (exact) mass is 249 g/mol. The van der Waals surface area contributed by atoms with Crippen LogP contribution in [0.5, 0.6) is 0 Å². The first-order valence-electron chi connectivity index (χ1n) is 4.45. The predicted molar refractivity (Wildman–Crippen MR) is 51.4 cm³/mol. The van der Waals surface area contributed by atoms with E-state index in [1.165, 1.54) is 0 Å². The third kappa shape index (κ3) is 11.8. The standard InChI is InChI=1S/C8H19O4P.K/c1-7(2)5-11-13(9,10)12-6-8(3)4;/h7-8H,5-6H2,1-4H3,(H,9,10);/q;+1. The molecule has 0 saturated carbocycles. The van der Waals surface area contributed by atoms with Crippen LogP contribution in [-0.2, 0) is 13.6 Å². The Bertz CT molecular complexity index is 168. The van der Waals surface area contributed by atoms with Gasteiger partial charge < -0.3 is 4.89 Å². The van der Waals surface area contributed by atoms with Gasteiger partial charge in [-0.1, -0.05) is 27.7 Å². The van der Waals surface area contributed by atoms with Gasteiger partial charge in [0.05, 0.1) is 13.2 Å². The van der Waals surface area contributed by atoms with Crippen molar-refractivity contribution in [3.63, 3.8) is 0 Å². The van der Waals surface area contributed by atoms with Gasteiger partial charge in [-0.3, -0.25) is 9.05 Å². The quantitative estimate of drug-likeness (QED) is 0.506. The van der Waals surface area contributed by atoms with Crippen LogP contribution in [0.4, 0.5) is 0 Å². The van der Waals surface area contributed by atoms with Crippen molar-refractivity contribution in [1.29, 1.82) is 0 Å². The fraction of sp³-hybridized carbons (Fsp3) is 1.00. The summed E-state index contributed by atoms with van der Waals surface area (Å²) >= 11 is 0. The Morgan fingerprint density at radius 3 is 1.57 bits per heavy atom. The minimum absolute atomic E-state index is 0. The smallest absolute Gasteiger partial charge is 0.302 e. The van der Waals surface area contributed by atoms with E-state index < -0.39 is 7.82 Å². The van der Waals surface area contributed by atoms with E-state index in [4.69, 9.17) is 13.9 Å². The number of rotatable bonds is 6. The normalized spacial score (nSPS) is 11.9. The number of hydrogen-bond donors (Lipinski definition) is 1. The van der Waals surface area contributed by atoms with E-state index in [1.54, 1.807) is 0 Å². The number of hydrogen-bond acceptors (Lipinski definition) is 3. The molecule has 0 aromatic rings. The maximum absolute atomic E-state index is 11.1. The van der Waals surface area contributed by atoms with Gasteiger partial charge in [-0.05, 0) is 11.8 Å². The summed E-state index contributed by atoms with van der Waals surface area (Å²) < 4.78 is 20.6. The Hall–Kier alpha value is 1.75. The zero-order valence-electron chi connectivity index (χ0n) is 9.69. The van der Waals surface area contributed by atoms with Gasteiger partial charge in [-0.2, -0.15) is 0 Å². The molecule has 6 heteroatoms. The molecule has 4 nitrogen and oxygen atoms in total. The fourth-order valence-electron chi connectivity index (χ4n) is 0.524. The molecule has 0 saturated heterocycles. The van der Waals surface area contributed by atoms with Crippen LogP contribution in [-0.4, -0.2) is 18.1 Å². The first-order valence-corrected chi connectivity index (χ1v) is 5.95. The van der Waals surface area contributed by atoms with Gasteiger partial charge in [-0.15, -0.1) is 0 Å². The SMILES string of the molecule is CC(C)COP(=O)(O)OCC(C)C.[K+]. The molecule has 0 aliphatic rings. The molecule has 0 rings (SSSR count). The van der Waals surface area contributed by atoms with Gasteiger partial charge in [0, 0.05) is 0 Å². The van der Waals surface area contributed by atoms with Gasteiger partial charge in [0.2, 0.25) is 0 Å². The molecule has 0 heterocycles. The molecule has 14 heavy (non-hydrogen) atoms. The van der Waals surface area contributed by atoms with Crippen LogP contribution in [0.25, 0.3) is 0 Å². The molecule has 0 aromatic carbocycles. The molecule has 0 aromatic heterocycles. The number of phosphoric acid groups is 1. The summed E-state index contributed by atoms with van der Waals surface area (Å²) in [5.41, 5.74) is 0. The molecule has 0 aliphatic carbocycles. The van der Waals surface area contributed by atoms with Gasteiger partial charge in [0.15, 0.2) is 0 Å². The first kappa shape index (κ1) is 18.1. The molecule has 0 atom stereocenters. The zero-order valence-corrected chi connectivity index (χ0v) is 13.7. The zero-order chi connectivity index (χ0) is 10.5. The van der Waals surface area contributed by atoms with E-state index in [0.29, 0.717) is 0 Å². The summed E-state index contributed by atoms with van der Waals surface area (Å²) in [7, 11) is -3.80. The minimum Gasteiger partial charge on any atom is -0.302 e.